The number of nitrogens with one attached hydrogen (secondary N) is 2. The number of ether oxygens (including phenoxy) is 1. The highest BCUT2D eigenvalue weighted by atomic mass is 32.2. The summed E-state index contributed by atoms with van der Waals surface area (Å²) in [5.74, 6) is -1.80. The molecule has 1 saturated heterocycles. The Balaban J connectivity index is 1.76. The molecule has 1 aromatic carbocycles. The minimum atomic E-state index is -1.17. The molecule has 3 atom stereocenters. The molecule has 0 spiro atoms. The van der Waals surface area contributed by atoms with Crippen molar-refractivity contribution in [3.05, 3.63) is 47.2 Å². The summed E-state index contributed by atoms with van der Waals surface area (Å²) in [6, 6.07) is 6.63. The van der Waals surface area contributed by atoms with Crippen molar-refractivity contribution in [1.29, 1.82) is 0 Å². The number of carboxylic acid groups (broad SMARTS) is 1. The standard InChI is InChI=1S/C21H25N3O6S/c1-11-10-31-18-14(17(26)24(18)15(11)19(27)28)22-16(25)13(12-8-6-5-7-9-12)23-20(29)30-21(2,3)4/h5-9,13-14,18H,10H2,1-4H3,(H,22,25)(H,23,29)(H,27,28)/t13?,14-,18+/m1/s1. The van der Waals surface area contributed by atoms with E-state index in [0.29, 0.717) is 16.9 Å². The molecule has 3 rings (SSSR count). The number of carboxylic acids is 1. The number of benzene rings is 1. The minimum Gasteiger partial charge on any atom is -0.477 e. The Bertz CT molecular complexity index is 940. The van der Waals surface area contributed by atoms with Gasteiger partial charge in [0.15, 0.2) is 0 Å². The van der Waals surface area contributed by atoms with Gasteiger partial charge in [0.1, 0.15) is 28.8 Å². The van der Waals surface area contributed by atoms with Gasteiger partial charge in [0.05, 0.1) is 0 Å². The molecule has 10 heteroatoms. The Morgan fingerprint density at radius 1 is 1.23 bits per heavy atom. The SMILES string of the molecule is CC1=C(C(=O)O)N2C(=O)[C@@H](NC(=O)C(NC(=O)OC(C)(C)C)c3ccccc3)[C@@H]2SC1. The van der Waals surface area contributed by atoms with Crippen molar-refractivity contribution in [3.63, 3.8) is 0 Å². The van der Waals surface area contributed by atoms with Gasteiger partial charge in [0, 0.05) is 5.75 Å². The van der Waals surface area contributed by atoms with Crippen LogP contribution in [0.5, 0.6) is 0 Å². The lowest BCUT2D eigenvalue weighted by Crippen LogP contribution is -2.71. The monoisotopic (exact) mass is 447 g/mol. The highest BCUT2D eigenvalue weighted by molar-refractivity contribution is 8.00. The zero-order chi connectivity index (χ0) is 22.9. The van der Waals surface area contributed by atoms with Gasteiger partial charge in [-0.2, -0.15) is 0 Å². The quantitative estimate of drug-likeness (QED) is 0.590. The van der Waals surface area contributed by atoms with E-state index in [-0.39, 0.29) is 5.70 Å². The average molecular weight is 448 g/mol. The Labute approximate surface area is 184 Å². The first-order chi connectivity index (χ1) is 14.5. The molecule has 2 aliphatic rings. The lowest BCUT2D eigenvalue weighted by molar-refractivity contribution is -0.151. The summed E-state index contributed by atoms with van der Waals surface area (Å²) in [6.45, 7) is 6.80. The number of aliphatic carboxylic acids is 1. The maximum absolute atomic E-state index is 13.1. The van der Waals surface area contributed by atoms with Crippen molar-refractivity contribution >= 4 is 35.6 Å². The summed E-state index contributed by atoms with van der Waals surface area (Å²) in [7, 11) is 0. The highest BCUT2D eigenvalue weighted by Crippen LogP contribution is 2.40. The van der Waals surface area contributed by atoms with E-state index in [0.717, 1.165) is 0 Å². The molecule has 0 bridgehead atoms. The largest absolute Gasteiger partial charge is 0.477 e. The molecular weight excluding hydrogens is 422 g/mol. The maximum atomic E-state index is 13.1. The smallest absolute Gasteiger partial charge is 0.408 e. The van der Waals surface area contributed by atoms with E-state index in [4.69, 9.17) is 4.74 Å². The third-order valence-electron chi connectivity index (χ3n) is 4.72. The molecule has 0 saturated carbocycles. The zero-order valence-corrected chi connectivity index (χ0v) is 18.5. The van der Waals surface area contributed by atoms with Crippen LogP contribution < -0.4 is 10.6 Å². The molecule has 3 N–H and O–H groups in total. The molecule has 1 fully saturated rings. The van der Waals surface area contributed by atoms with Gasteiger partial charge < -0.3 is 20.5 Å². The number of nitrogens with zero attached hydrogens (tertiary/aromatic N) is 1. The number of alkyl carbamates (subject to hydrolysis) is 1. The normalized spacial score (nSPS) is 21.5. The number of hydrogen-bond acceptors (Lipinski definition) is 6. The van der Waals surface area contributed by atoms with E-state index >= 15 is 0 Å². The molecule has 31 heavy (non-hydrogen) atoms. The van der Waals surface area contributed by atoms with E-state index < -0.39 is 46.9 Å². The third kappa shape index (κ3) is 4.84. The van der Waals surface area contributed by atoms with Crippen LogP contribution in [-0.2, 0) is 19.1 Å². The number of fused-ring (bicyclic) bond motifs is 1. The summed E-state index contributed by atoms with van der Waals surface area (Å²) in [6.07, 6.45) is -0.767. The first-order valence-corrected chi connectivity index (χ1v) is 10.8. The van der Waals surface area contributed by atoms with Crippen molar-refractivity contribution in [2.45, 2.75) is 50.8 Å². The van der Waals surface area contributed by atoms with Crippen LogP contribution in [0.25, 0.3) is 0 Å². The second-order valence-corrected chi connectivity index (χ2v) is 9.43. The molecular formula is C21H25N3O6S. The second-order valence-electron chi connectivity index (χ2n) is 8.32. The maximum Gasteiger partial charge on any atom is 0.408 e. The second kappa shape index (κ2) is 8.62. The zero-order valence-electron chi connectivity index (χ0n) is 17.7. The van der Waals surface area contributed by atoms with Crippen molar-refractivity contribution in [1.82, 2.24) is 15.5 Å². The number of amides is 3. The molecule has 0 aliphatic carbocycles. The fraction of sp³-hybridized carbons (Fsp3) is 0.429. The molecule has 9 nitrogen and oxygen atoms in total. The predicted molar refractivity (Wildman–Crippen MR) is 114 cm³/mol. The van der Waals surface area contributed by atoms with Gasteiger partial charge in [0.2, 0.25) is 5.91 Å². The number of β-lactam (4-membered cyclic amide) rings is 1. The predicted octanol–water partition coefficient (Wildman–Crippen LogP) is 2.01. The number of hydrogen-bond donors (Lipinski definition) is 3. The van der Waals surface area contributed by atoms with E-state index in [1.54, 1.807) is 58.0 Å². The van der Waals surface area contributed by atoms with Crippen LogP contribution >= 0.6 is 11.8 Å². The van der Waals surface area contributed by atoms with Crippen LogP contribution in [0.3, 0.4) is 0 Å². The number of carbonyl (C=O) groups excluding carboxylic acids is 3. The van der Waals surface area contributed by atoms with E-state index in [1.165, 1.54) is 16.7 Å². The van der Waals surface area contributed by atoms with Crippen molar-refractivity contribution in [2.24, 2.45) is 0 Å². The molecule has 2 aliphatic heterocycles. The van der Waals surface area contributed by atoms with Gasteiger partial charge in [-0.15, -0.1) is 11.8 Å². The Morgan fingerprint density at radius 3 is 2.45 bits per heavy atom. The van der Waals surface area contributed by atoms with E-state index in [2.05, 4.69) is 10.6 Å². The number of rotatable bonds is 5. The van der Waals surface area contributed by atoms with Gasteiger partial charge in [-0.1, -0.05) is 30.3 Å². The van der Waals surface area contributed by atoms with Gasteiger partial charge in [-0.05, 0) is 38.8 Å². The molecule has 0 aromatic heterocycles. The first-order valence-electron chi connectivity index (χ1n) is 9.72. The van der Waals surface area contributed by atoms with Crippen LogP contribution in [0.15, 0.2) is 41.6 Å². The fourth-order valence-corrected chi connectivity index (χ4v) is 4.68. The van der Waals surface area contributed by atoms with Crippen LogP contribution in [-0.4, -0.2) is 56.7 Å². The van der Waals surface area contributed by atoms with Crippen molar-refractivity contribution in [2.75, 3.05) is 5.75 Å². The topological polar surface area (TPSA) is 125 Å². The highest BCUT2D eigenvalue weighted by Gasteiger charge is 2.54. The molecule has 166 valence electrons. The van der Waals surface area contributed by atoms with Gasteiger partial charge >= 0.3 is 12.1 Å². The van der Waals surface area contributed by atoms with Crippen LogP contribution in [0, 0.1) is 0 Å². The Kier molecular flexibility index (Phi) is 6.30. The Morgan fingerprint density at radius 2 is 1.87 bits per heavy atom. The third-order valence-corrected chi connectivity index (χ3v) is 6.14. The van der Waals surface area contributed by atoms with Gasteiger partial charge in [-0.3, -0.25) is 14.5 Å². The van der Waals surface area contributed by atoms with Gasteiger partial charge in [-0.25, -0.2) is 9.59 Å². The summed E-state index contributed by atoms with van der Waals surface area (Å²) in [5, 5.41) is 14.2. The lowest BCUT2D eigenvalue weighted by atomic mass is 10.0. The van der Waals surface area contributed by atoms with E-state index in [1.807, 2.05) is 0 Å². The molecule has 0 radical (unpaired) electrons. The lowest BCUT2D eigenvalue weighted by Gasteiger charge is -2.49. The van der Waals surface area contributed by atoms with E-state index in [9.17, 15) is 24.3 Å². The summed E-state index contributed by atoms with van der Waals surface area (Å²) in [4.78, 5) is 50.8. The minimum absolute atomic E-state index is 0.0364. The Hall–Kier alpha value is -3.01. The summed E-state index contributed by atoms with van der Waals surface area (Å²) < 4.78 is 5.26. The summed E-state index contributed by atoms with van der Waals surface area (Å²) >= 11 is 1.38. The number of carbonyl (C=O) groups is 4. The molecule has 2 heterocycles. The van der Waals surface area contributed by atoms with Gasteiger partial charge in [0.25, 0.3) is 5.91 Å². The average Bonchev–Trinajstić information content (AvgIpc) is 2.69. The van der Waals surface area contributed by atoms with Crippen LogP contribution in [0.4, 0.5) is 4.79 Å². The van der Waals surface area contributed by atoms with Crippen molar-refractivity contribution < 1.29 is 29.0 Å². The number of thioether (sulfide) groups is 1. The van der Waals surface area contributed by atoms with Crippen LogP contribution in [0.1, 0.15) is 39.3 Å². The molecule has 3 amide bonds. The van der Waals surface area contributed by atoms with Crippen LogP contribution in [0.2, 0.25) is 0 Å². The molecule has 1 aromatic rings. The van der Waals surface area contributed by atoms with Crippen molar-refractivity contribution in [3.8, 4) is 0 Å². The first kappa shape index (κ1) is 22.7. The summed E-state index contributed by atoms with van der Waals surface area (Å²) in [5.41, 5.74) is 0.335. The molecule has 1 unspecified atom stereocenters. The fourth-order valence-electron chi connectivity index (χ4n) is 3.38.